The Kier molecular flexibility index (Phi) is 7.63. The van der Waals surface area contributed by atoms with Crippen LogP contribution in [0, 0.1) is 28.6 Å². The van der Waals surface area contributed by atoms with Crippen LogP contribution in [0.5, 0.6) is 5.75 Å². The van der Waals surface area contributed by atoms with Crippen LogP contribution in [-0.4, -0.2) is 59.3 Å². The van der Waals surface area contributed by atoms with Gasteiger partial charge in [-0.25, -0.2) is 9.78 Å². The number of likely N-dealkylation sites (N-methyl/N-ethyl adjacent to an activating group) is 1. The lowest BCUT2D eigenvalue weighted by molar-refractivity contribution is -0.137. The second kappa shape index (κ2) is 10.7. The number of hydrogen-bond acceptors (Lipinski definition) is 7. The summed E-state index contributed by atoms with van der Waals surface area (Å²) in [7, 11) is 2.89. The normalized spacial score (nSPS) is 15.1. The number of ether oxygens (including phenoxy) is 1. The molecule has 38 heavy (non-hydrogen) atoms. The van der Waals surface area contributed by atoms with Crippen molar-refractivity contribution in [2.75, 3.05) is 32.1 Å². The molecule has 198 valence electrons. The zero-order valence-corrected chi connectivity index (χ0v) is 21.2. The van der Waals surface area contributed by atoms with E-state index >= 15 is 0 Å². The van der Waals surface area contributed by atoms with E-state index in [4.69, 9.17) is 15.6 Å². The lowest BCUT2D eigenvalue weighted by Crippen LogP contribution is -2.31. The number of aromatic nitrogens is 1. The molecular weight excluding hydrogens is 521 g/mol. The number of urea groups is 1. The highest BCUT2D eigenvalue weighted by Crippen LogP contribution is 2.39. The summed E-state index contributed by atoms with van der Waals surface area (Å²) in [4.78, 5) is 32.7. The summed E-state index contributed by atoms with van der Waals surface area (Å²) < 4.78 is 46.0. The molecule has 1 aliphatic carbocycles. The van der Waals surface area contributed by atoms with E-state index in [1.165, 1.54) is 23.0 Å². The molecular formula is C25H23F3N6O3S. The fourth-order valence-corrected chi connectivity index (χ4v) is 4.13. The third-order valence-electron chi connectivity index (χ3n) is 5.84. The minimum Gasteiger partial charge on any atom is -0.496 e. The molecule has 13 heteroatoms. The molecule has 2 aromatic rings. The average Bonchev–Trinajstić information content (AvgIpc) is 3.65. The molecule has 1 aliphatic heterocycles. The second-order valence-corrected chi connectivity index (χ2v) is 9.64. The topological polar surface area (TPSA) is 122 Å². The van der Waals surface area contributed by atoms with Gasteiger partial charge in [0.25, 0.3) is 5.91 Å². The van der Waals surface area contributed by atoms with Crippen molar-refractivity contribution in [3.63, 3.8) is 0 Å². The van der Waals surface area contributed by atoms with Crippen LogP contribution >= 0.6 is 11.8 Å². The van der Waals surface area contributed by atoms with Crippen molar-refractivity contribution in [2.45, 2.75) is 19.0 Å². The summed E-state index contributed by atoms with van der Waals surface area (Å²) >= 11 is 0.640. The van der Waals surface area contributed by atoms with E-state index in [2.05, 4.69) is 22.1 Å². The highest BCUT2D eigenvalue weighted by Gasteiger charge is 2.33. The first-order valence-corrected chi connectivity index (χ1v) is 12.3. The van der Waals surface area contributed by atoms with Gasteiger partial charge in [0.05, 0.1) is 18.2 Å². The molecule has 0 radical (unpaired) electrons. The third kappa shape index (κ3) is 6.08. The van der Waals surface area contributed by atoms with Gasteiger partial charge >= 0.3 is 12.2 Å². The number of amidine groups is 1. The number of thioether (sulfide) groups is 1. The monoisotopic (exact) mass is 544 g/mol. The Morgan fingerprint density at radius 2 is 1.95 bits per heavy atom. The van der Waals surface area contributed by atoms with Gasteiger partial charge in [-0.15, -0.1) is 0 Å². The van der Waals surface area contributed by atoms with Crippen LogP contribution in [0.3, 0.4) is 0 Å². The molecule has 3 N–H and O–H groups in total. The Balaban J connectivity index is 1.71. The molecule has 0 atom stereocenters. The van der Waals surface area contributed by atoms with Crippen molar-refractivity contribution in [2.24, 2.45) is 5.92 Å². The van der Waals surface area contributed by atoms with Gasteiger partial charge in [0.15, 0.2) is 5.17 Å². The number of alkyl halides is 3. The van der Waals surface area contributed by atoms with E-state index in [-0.39, 0.29) is 50.4 Å². The van der Waals surface area contributed by atoms with E-state index < -0.39 is 17.6 Å². The van der Waals surface area contributed by atoms with Gasteiger partial charge in [-0.3, -0.25) is 20.5 Å². The predicted octanol–water partition coefficient (Wildman–Crippen LogP) is 4.44. The van der Waals surface area contributed by atoms with Gasteiger partial charge in [-0.2, -0.15) is 13.2 Å². The number of rotatable bonds is 4. The standard InChI is InChI=1S/C25H23F3N6O3S/c1-33-9-10-34(24(33)36)21-12-16(17-11-15(25(26,27)28)6-7-19(17)37-2)18(13-31-21)22(35)32-23(30)38-20(29)8-5-14-3-4-14/h6-7,11-14,29H,3-4,9-10H2,1-2H3,(H2,30,32,35). The molecule has 0 spiro atoms. The lowest BCUT2D eigenvalue weighted by atomic mass is 9.97. The number of benzene rings is 1. The van der Waals surface area contributed by atoms with Gasteiger partial charge in [-0.05, 0) is 54.8 Å². The smallest absolute Gasteiger partial charge is 0.416 e. The average molecular weight is 545 g/mol. The Bertz CT molecular complexity index is 1380. The minimum atomic E-state index is -4.66. The molecule has 0 bridgehead atoms. The summed E-state index contributed by atoms with van der Waals surface area (Å²) in [5, 5.41) is 17.8. The fraction of sp³-hybridized carbons (Fsp3) is 0.320. The van der Waals surface area contributed by atoms with Gasteiger partial charge in [-0.1, -0.05) is 5.92 Å². The summed E-state index contributed by atoms with van der Waals surface area (Å²) in [6.45, 7) is 0.729. The van der Waals surface area contributed by atoms with Crippen molar-refractivity contribution in [3.05, 3.63) is 41.6 Å². The number of carbonyl (C=O) groups excluding carboxylic acids is 2. The maximum absolute atomic E-state index is 13.6. The van der Waals surface area contributed by atoms with Crippen LogP contribution in [0.1, 0.15) is 28.8 Å². The van der Waals surface area contributed by atoms with Gasteiger partial charge < -0.3 is 15.0 Å². The first-order chi connectivity index (χ1) is 18.0. The van der Waals surface area contributed by atoms with Crippen molar-refractivity contribution < 1.29 is 27.5 Å². The maximum Gasteiger partial charge on any atom is 0.416 e. The van der Waals surface area contributed by atoms with E-state index in [1.807, 2.05) is 0 Å². The Morgan fingerprint density at radius 3 is 2.55 bits per heavy atom. The van der Waals surface area contributed by atoms with Crippen LogP contribution in [-0.2, 0) is 6.18 Å². The molecule has 3 amide bonds. The summed E-state index contributed by atoms with van der Waals surface area (Å²) in [6.07, 6.45) is -1.57. The van der Waals surface area contributed by atoms with Crippen LogP contribution in [0.15, 0.2) is 30.5 Å². The number of hydrogen-bond donors (Lipinski definition) is 3. The molecule has 0 unspecified atom stereocenters. The van der Waals surface area contributed by atoms with Crippen LogP contribution in [0.4, 0.5) is 23.8 Å². The van der Waals surface area contributed by atoms with E-state index in [9.17, 15) is 22.8 Å². The zero-order chi connectivity index (χ0) is 27.6. The van der Waals surface area contributed by atoms with Crippen molar-refractivity contribution >= 4 is 39.7 Å². The molecule has 1 saturated heterocycles. The van der Waals surface area contributed by atoms with Crippen molar-refractivity contribution in [1.29, 1.82) is 10.8 Å². The third-order valence-corrected chi connectivity index (χ3v) is 6.45. The van der Waals surface area contributed by atoms with E-state index in [0.717, 1.165) is 37.2 Å². The van der Waals surface area contributed by atoms with Gasteiger partial charge in [0, 0.05) is 43.4 Å². The first kappa shape index (κ1) is 27.0. The van der Waals surface area contributed by atoms with Gasteiger partial charge in [0.2, 0.25) is 0 Å². The molecule has 1 aromatic heterocycles. The number of pyridine rings is 1. The summed E-state index contributed by atoms with van der Waals surface area (Å²) in [5.41, 5.74) is -1.12. The number of carbonyl (C=O) groups is 2. The molecule has 1 aromatic carbocycles. The van der Waals surface area contributed by atoms with Crippen LogP contribution in [0.2, 0.25) is 0 Å². The molecule has 2 heterocycles. The Labute approximate surface area is 220 Å². The first-order valence-electron chi connectivity index (χ1n) is 11.4. The largest absolute Gasteiger partial charge is 0.496 e. The summed E-state index contributed by atoms with van der Waals surface area (Å²) in [6, 6.07) is 3.87. The van der Waals surface area contributed by atoms with Gasteiger partial charge in [0.1, 0.15) is 16.6 Å². The maximum atomic E-state index is 13.6. The number of halogens is 3. The SMILES string of the molecule is COc1ccc(C(F)(F)F)cc1-c1cc(N2CCN(C)C2=O)ncc1C(=O)NC(=N)SC(=N)C#CC1CC1. The fourth-order valence-electron chi connectivity index (χ4n) is 3.67. The Hall–Kier alpha value is -4.05. The molecule has 4 rings (SSSR count). The predicted molar refractivity (Wildman–Crippen MR) is 138 cm³/mol. The highest BCUT2D eigenvalue weighted by atomic mass is 32.2. The second-order valence-electron chi connectivity index (χ2n) is 8.61. The molecule has 9 nitrogen and oxygen atoms in total. The van der Waals surface area contributed by atoms with Crippen LogP contribution < -0.4 is 15.0 Å². The minimum absolute atomic E-state index is 0.0270. The number of nitrogens with one attached hydrogen (secondary N) is 3. The number of anilines is 1. The molecule has 2 fully saturated rings. The molecule has 1 saturated carbocycles. The Morgan fingerprint density at radius 1 is 1.21 bits per heavy atom. The number of nitrogens with zero attached hydrogens (tertiary/aromatic N) is 3. The zero-order valence-electron chi connectivity index (χ0n) is 20.4. The lowest BCUT2D eigenvalue weighted by Gasteiger charge is -2.19. The quantitative estimate of drug-likeness (QED) is 0.299. The van der Waals surface area contributed by atoms with E-state index in [1.54, 1.807) is 7.05 Å². The van der Waals surface area contributed by atoms with E-state index in [0.29, 0.717) is 24.9 Å². The number of amides is 3. The van der Waals surface area contributed by atoms with Crippen molar-refractivity contribution in [1.82, 2.24) is 15.2 Å². The summed E-state index contributed by atoms with van der Waals surface area (Å²) in [5.74, 6) is 5.17. The van der Waals surface area contributed by atoms with Crippen LogP contribution in [0.25, 0.3) is 11.1 Å². The van der Waals surface area contributed by atoms with Crippen molar-refractivity contribution in [3.8, 4) is 28.7 Å². The number of methoxy groups -OCH3 is 1. The highest BCUT2D eigenvalue weighted by molar-refractivity contribution is 8.26. The molecule has 2 aliphatic rings.